The number of hydrogen-bond donors (Lipinski definition) is 0. The molecule has 1 fully saturated rings. The van der Waals surface area contributed by atoms with Crippen LogP contribution in [0.25, 0.3) is 0 Å². The Morgan fingerprint density at radius 1 is 1.20 bits per heavy atom. The van der Waals surface area contributed by atoms with Crippen LogP contribution in [0.4, 0.5) is 0 Å². The number of amides is 2. The molecule has 3 nitrogen and oxygen atoms in total. The molecule has 0 bridgehead atoms. The lowest BCUT2D eigenvalue weighted by atomic mass is 10.1. The van der Waals surface area contributed by atoms with Crippen molar-refractivity contribution in [1.29, 1.82) is 0 Å². The highest BCUT2D eigenvalue weighted by Gasteiger charge is 2.33. The quantitative estimate of drug-likeness (QED) is 0.631. The molecule has 0 saturated carbocycles. The van der Waals surface area contributed by atoms with E-state index in [1.165, 1.54) is 11.3 Å². The van der Waals surface area contributed by atoms with Crippen molar-refractivity contribution >= 4 is 11.8 Å². The van der Waals surface area contributed by atoms with E-state index in [4.69, 9.17) is 0 Å². The molecule has 1 atom stereocenters. The van der Waals surface area contributed by atoms with E-state index in [9.17, 15) is 9.59 Å². The first-order valence-corrected chi connectivity index (χ1v) is 5.92. The summed E-state index contributed by atoms with van der Waals surface area (Å²) in [6.07, 6.45) is 1.65. The molecule has 0 spiro atoms. The average molecular weight is 215 g/mol. The Morgan fingerprint density at radius 3 is 1.73 bits per heavy atom. The lowest BCUT2D eigenvalue weighted by Crippen LogP contribution is -2.29. The van der Waals surface area contributed by atoms with Gasteiger partial charge in [0.2, 0.25) is 11.8 Å². The van der Waals surface area contributed by atoms with Gasteiger partial charge < -0.3 is 0 Å². The normalized spacial score (nSPS) is 19.1. The van der Waals surface area contributed by atoms with E-state index in [1.807, 2.05) is 20.8 Å². The summed E-state index contributed by atoms with van der Waals surface area (Å²) >= 11 is 0. The zero-order chi connectivity index (χ0) is 12.4. The summed E-state index contributed by atoms with van der Waals surface area (Å²) in [6, 6.07) is 0. The summed E-state index contributed by atoms with van der Waals surface area (Å²) in [6.45, 7) is 12.4. The monoisotopic (exact) mass is 215 g/mol. The van der Waals surface area contributed by atoms with E-state index in [-0.39, 0.29) is 17.7 Å². The van der Waals surface area contributed by atoms with Gasteiger partial charge in [-0.3, -0.25) is 14.5 Å². The van der Waals surface area contributed by atoms with E-state index < -0.39 is 0 Å². The highest BCUT2D eigenvalue weighted by atomic mass is 16.2. The fourth-order valence-corrected chi connectivity index (χ4v) is 1.18. The number of imide groups is 1. The molecular weight excluding hydrogens is 190 g/mol. The zero-order valence-corrected chi connectivity index (χ0v) is 11.0. The van der Waals surface area contributed by atoms with Gasteiger partial charge in [-0.2, -0.15) is 0 Å². The average Bonchev–Trinajstić information content (AvgIpc) is 2.45. The third kappa shape index (κ3) is 5.55. The minimum atomic E-state index is -0.0903. The number of carbonyl (C=O) groups excluding carboxylic acids is 2. The van der Waals surface area contributed by atoms with Gasteiger partial charge in [0.25, 0.3) is 0 Å². The van der Waals surface area contributed by atoms with Gasteiger partial charge in [0, 0.05) is 18.9 Å². The maximum absolute atomic E-state index is 11.1. The van der Waals surface area contributed by atoms with E-state index in [1.54, 1.807) is 6.92 Å². The number of nitrogens with zero attached hydrogens (tertiary/aromatic N) is 1. The topological polar surface area (TPSA) is 37.4 Å². The van der Waals surface area contributed by atoms with Crippen molar-refractivity contribution in [2.24, 2.45) is 5.92 Å². The summed E-state index contributed by atoms with van der Waals surface area (Å²) < 4.78 is 0. The van der Waals surface area contributed by atoms with Crippen molar-refractivity contribution in [1.82, 2.24) is 4.90 Å². The predicted molar refractivity (Wildman–Crippen MR) is 63.5 cm³/mol. The molecule has 0 aliphatic carbocycles. The van der Waals surface area contributed by atoms with Crippen LogP contribution in [0, 0.1) is 5.92 Å². The summed E-state index contributed by atoms with van der Waals surface area (Å²) in [5.41, 5.74) is 0. The molecule has 0 N–H and O–H groups in total. The van der Waals surface area contributed by atoms with Crippen molar-refractivity contribution in [3.05, 3.63) is 0 Å². The summed E-state index contributed by atoms with van der Waals surface area (Å²) in [5, 5.41) is 0. The minimum absolute atomic E-state index is 0.0208. The molecule has 1 rings (SSSR count). The van der Waals surface area contributed by atoms with E-state index in [2.05, 4.69) is 13.8 Å². The molecule has 0 aromatic heterocycles. The number of likely N-dealkylation sites (tertiary alicyclic amines) is 1. The van der Waals surface area contributed by atoms with Crippen LogP contribution in [0.1, 0.15) is 54.4 Å². The van der Waals surface area contributed by atoms with Gasteiger partial charge in [0.1, 0.15) is 0 Å². The smallest absolute Gasteiger partial charge is 0.232 e. The Morgan fingerprint density at radius 2 is 1.60 bits per heavy atom. The fraction of sp³-hybridized carbons (Fsp3) is 0.833. The van der Waals surface area contributed by atoms with Gasteiger partial charge in [-0.1, -0.05) is 41.0 Å². The first kappa shape index (κ1) is 16.6. The van der Waals surface area contributed by atoms with E-state index in [0.717, 1.165) is 0 Å². The van der Waals surface area contributed by atoms with Crippen LogP contribution in [0.15, 0.2) is 0 Å². The Kier molecular flexibility index (Phi) is 10.7. The zero-order valence-electron chi connectivity index (χ0n) is 11.0. The van der Waals surface area contributed by atoms with Gasteiger partial charge in [-0.15, -0.1) is 0 Å². The molecule has 1 unspecified atom stereocenters. The summed E-state index contributed by atoms with van der Waals surface area (Å²) in [4.78, 5) is 23.3. The van der Waals surface area contributed by atoms with Gasteiger partial charge >= 0.3 is 0 Å². The van der Waals surface area contributed by atoms with E-state index >= 15 is 0 Å². The van der Waals surface area contributed by atoms with Crippen LogP contribution >= 0.6 is 0 Å². The third-order valence-electron chi connectivity index (χ3n) is 1.79. The van der Waals surface area contributed by atoms with Crippen LogP contribution in [-0.4, -0.2) is 23.3 Å². The van der Waals surface area contributed by atoms with Crippen LogP contribution in [0.3, 0.4) is 0 Å². The fourth-order valence-electron chi connectivity index (χ4n) is 1.18. The highest BCUT2D eigenvalue weighted by molar-refractivity contribution is 6.03. The Bertz CT molecular complexity index is 190. The maximum atomic E-state index is 11.1. The molecule has 0 aromatic rings. The number of rotatable bonds is 1. The van der Waals surface area contributed by atoms with Crippen molar-refractivity contribution in [2.45, 2.75) is 54.4 Å². The lowest BCUT2D eigenvalue weighted by molar-refractivity contribution is -0.138. The van der Waals surface area contributed by atoms with Gasteiger partial charge in [0.15, 0.2) is 0 Å². The number of hydrogen-bond acceptors (Lipinski definition) is 2. The van der Waals surface area contributed by atoms with Crippen LogP contribution < -0.4 is 0 Å². The second-order valence-electron chi connectivity index (χ2n) is 3.29. The highest BCUT2D eigenvalue weighted by Crippen LogP contribution is 2.17. The van der Waals surface area contributed by atoms with Crippen LogP contribution in [0.2, 0.25) is 0 Å². The Hall–Kier alpha value is -0.860. The van der Waals surface area contributed by atoms with Crippen molar-refractivity contribution in [3.63, 3.8) is 0 Å². The first-order valence-electron chi connectivity index (χ1n) is 5.92. The van der Waals surface area contributed by atoms with Crippen molar-refractivity contribution in [2.75, 3.05) is 6.54 Å². The van der Waals surface area contributed by atoms with E-state index in [0.29, 0.717) is 13.0 Å². The molecular formula is C12H25NO2. The molecule has 1 aliphatic rings. The molecule has 1 heterocycles. The maximum Gasteiger partial charge on any atom is 0.232 e. The van der Waals surface area contributed by atoms with Crippen LogP contribution in [-0.2, 0) is 9.59 Å². The van der Waals surface area contributed by atoms with Crippen LogP contribution in [0.5, 0.6) is 0 Å². The molecule has 1 saturated heterocycles. The standard InChI is InChI=1S/C7H11NO2.C3H8.C2H6/c1-3-8-6(9)4-5(2)7(8)10;1-3-2;1-2/h5H,3-4H2,1-2H3;3H2,1-2H3;1-2H3. The van der Waals surface area contributed by atoms with Gasteiger partial charge in [0.05, 0.1) is 0 Å². The van der Waals surface area contributed by atoms with Gasteiger partial charge in [-0.25, -0.2) is 0 Å². The molecule has 0 radical (unpaired) electrons. The van der Waals surface area contributed by atoms with Gasteiger partial charge in [-0.05, 0) is 6.92 Å². The molecule has 15 heavy (non-hydrogen) atoms. The summed E-state index contributed by atoms with van der Waals surface area (Å²) in [5.74, 6) is -0.139. The molecule has 1 aliphatic heterocycles. The molecule has 0 aromatic carbocycles. The Labute approximate surface area is 93.8 Å². The van der Waals surface area contributed by atoms with Crippen molar-refractivity contribution in [3.8, 4) is 0 Å². The first-order chi connectivity index (χ1) is 7.08. The lowest BCUT2D eigenvalue weighted by Gasteiger charge is -2.09. The summed E-state index contributed by atoms with van der Waals surface area (Å²) in [7, 11) is 0. The molecule has 3 heteroatoms. The molecule has 2 amide bonds. The SMILES string of the molecule is CC.CCC.CCN1C(=O)CC(C)C1=O. The largest absolute Gasteiger partial charge is 0.283 e. The Balaban J connectivity index is 0. The third-order valence-corrected chi connectivity index (χ3v) is 1.79. The second kappa shape index (κ2) is 9.69. The predicted octanol–water partition coefficient (Wildman–Crippen LogP) is 2.84. The van der Waals surface area contributed by atoms with Crippen molar-refractivity contribution < 1.29 is 9.59 Å². The second-order valence-corrected chi connectivity index (χ2v) is 3.29. The number of carbonyl (C=O) groups is 2. The molecule has 90 valence electrons. The minimum Gasteiger partial charge on any atom is -0.283 e.